The standard InChI is InChI=1S/C16H29NOS/c1-3-5-7-9-11-13-14(12-10-8-6-4-2)16(19)17-15(13)18/h13-14H,3-12H2,1-2H3,(H,17,18,19). The molecule has 1 rings (SSSR count). The molecular formula is C16H29NOS. The van der Waals surface area contributed by atoms with E-state index in [0.717, 1.165) is 17.8 Å². The van der Waals surface area contributed by atoms with Crippen molar-refractivity contribution in [3.8, 4) is 0 Å². The van der Waals surface area contributed by atoms with Gasteiger partial charge in [0.25, 0.3) is 0 Å². The summed E-state index contributed by atoms with van der Waals surface area (Å²) >= 11 is 5.34. The highest BCUT2D eigenvalue weighted by atomic mass is 32.1. The van der Waals surface area contributed by atoms with Crippen molar-refractivity contribution in [3.05, 3.63) is 0 Å². The smallest absolute Gasteiger partial charge is 0.228 e. The Kier molecular flexibility index (Phi) is 8.27. The van der Waals surface area contributed by atoms with Crippen molar-refractivity contribution in [2.45, 2.75) is 78.1 Å². The van der Waals surface area contributed by atoms with Gasteiger partial charge in [-0.25, -0.2) is 0 Å². The molecule has 0 aliphatic carbocycles. The van der Waals surface area contributed by atoms with E-state index in [2.05, 4.69) is 19.2 Å². The van der Waals surface area contributed by atoms with Crippen LogP contribution in [0.4, 0.5) is 0 Å². The fraction of sp³-hybridized carbons (Fsp3) is 0.875. The molecule has 1 amide bonds. The summed E-state index contributed by atoms with van der Waals surface area (Å²) in [6, 6.07) is 0. The molecule has 1 N–H and O–H groups in total. The van der Waals surface area contributed by atoms with Gasteiger partial charge in [0.2, 0.25) is 5.91 Å². The topological polar surface area (TPSA) is 29.1 Å². The van der Waals surface area contributed by atoms with E-state index < -0.39 is 0 Å². The molecule has 1 aliphatic rings. The van der Waals surface area contributed by atoms with Crippen LogP contribution in [0.15, 0.2) is 0 Å². The van der Waals surface area contributed by atoms with Crippen LogP contribution in [-0.2, 0) is 4.79 Å². The lowest BCUT2D eigenvalue weighted by Crippen LogP contribution is -2.21. The van der Waals surface area contributed by atoms with Gasteiger partial charge in [-0.3, -0.25) is 4.79 Å². The SMILES string of the molecule is CCCCCCC1C(=O)NC(=S)C1CCCCCC. The molecular weight excluding hydrogens is 254 g/mol. The second-order valence-electron chi connectivity index (χ2n) is 5.77. The molecule has 0 bridgehead atoms. The van der Waals surface area contributed by atoms with Crippen molar-refractivity contribution >= 4 is 23.1 Å². The van der Waals surface area contributed by atoms with E-state index in [1.807, 2.05) is 0 Å². The number of carbonyl (C=O) groups is 1. The van der Waals surface area contributed by atoms with Crippen LogP contribution in [0.2, 0.25) is 0 Å². The molecule has 0 aromatic rings. The largest absolute Gasteiger partial charge is 0.320 e. The van der Waals surface area contributed by atoms with Gasteiger partial charge in [0.15, 0.2) is 0 Å². The maximum Gasteiger partial charge on any atom is 0.228 e. The van der Waals surface area contributed by atoms with Crippen LogP contribution in [0.1, 0.15) is 78.1 Å². The second kappa shape index (κ2) is 9.46. The lowest BCUT2D eigenvalue weighted by Gasteiger charge is -2.16. The van der Waals surface area contributed by atoms with Crippen LogP contribution in [0.3, 0.4) is 0 Å². The highest BCUT2D eigenvalue weighted by molar-refractivity contribution is 7.80. The first-order chi connectivity index (χ1) is 9.20. The Morgan fingerprint density at radius 1 is 0.895 bits per heavy atom. The summed E-state index contributed by atoms with van der Waals surface area (Å²) in [5.74, 6) is 0.661. The monoisotopic (exact) mass is 283 g/mol. The second-order valence-corrected chi connectivity index (χ2v) is 6.20. The van der Waals surface area contributed by atoms with E-state index in [-0.39, 0.29) is 11.8 Å². The normalized spacial score (nSPS) is 22.8. The minimum absolute atomic E-state index is 0.158. The predicted molar refractivity (Wildman–Crippen MR) is 85.2 cm³/mol. The molecule has 1 fully saturated rings. The van der Waals surface area contributed by atoms with Crippen LogP contribution in [0, 0.1) is 11.8 Å². The van der Waals surface area contributed by atoms with Gasteiger partial charge in [-0.05, 0) is 12.8 Å². The minimum Gasteiger partial charge on any atom is -0.320 e. The zero-order valence-corrected chi connectivity index (χ0v) is 13.4. The van der Waals surface area contributed by atoms with E-state index in [1.165, 1.54) is 51.4 Å². The molecule has 0 spiro atoms. The van der Waals surface area contributed by atoms with Crippen LogP contribution in [-0.4, -0.2) is 10.9 Å². The van der Waals surface area contributed by atoms with E-state index in [0.29, 0.717) is 5.92 Å². The van der Waals surface area contributed by atoms with E-state index in [1.54, 1.807) is 0 Å². The van der Waals surface area contributed by atoms with E-state index >= 15 is 0 Å². The third kappa shape index (κ3) is 5.60. The summed E-state index contributed by atoms with van der Waals surface area (Å²) in [4.78, 5) is 12.8. The number of thiocarbonyl (C=S) groups is 1. The van der Waals surface area contributed by atoms with Gasteiger partial charge < -0.3 is 5.32 Å². The number of nitrogens with one attached hydrogen (secondary N) is 1. The first-order valence-corrected chi connectivity index (χ1v) is 8.46. The number of amides is 1. The van der Waals surface area contributed by atoms with Crippen molar-refractivity contribution in [1.29, 1.82) is 0 Å². The molecule has 1 saturated heterocycles. The molecule has 1 heterocycles. The number of rotatable bonds is 10. The molecule has 0 saturated carbocycles. The Bertz CT molecular complexity index is 262. The lowest BCUT2D eigenvalue weighted by molar-refractivity contribution is -0.123. The zero-order valence-electron chi connectivity index (χ0n) is 12.5. The van der Waals surface area contributed by atoms with Crippen molar-refractivity contribution in [1.82, 2.24) is 5.32 Å². The molecule has 3 heteroatoms. The maximum absolute atomic E-state index is 11.9. The third-order valence-corrected chi connectivity index (χ3v) is 4.55. The molecule has 2 atom stereocenters. The molecule has 0 aromatic heterocycles. The Morgan fingerprint density at radius 3 is 1.95 bits per heavy atom. The quantitative estimate of drug-likeness (QED) is 0.468. The molecule has 19 heavy (non-hydrogen) atoms. The predicted octanol–water partition coefficient (Wildman–Crippen LogP) is 4.62. The van der Waals surface area contributed by atoms with Crippen LogP contribution in [0.5, 0.6) is 0 Å². The molecule has 0 radical (unpaired) electrons. The van der Waals surface area contributed by atoms with Crippen LogP contribution < -0.4 is 5.32 Å². The molecule has 1 aliphatic heterocycles. The lowest BCUT2D eigenvalue weighted by atomic mass is 9.86. The highest BCUT2D eigenvalue weighted by Gasteiger charge is 2.37. The average Bonchev–Trinajstić information content (AvgIpc) is 2.65. The van der Waals surface area contributed by atoms with Gasteiger partial charge in [-0.1, -0.05) is 77.4 Å². The molecule has 110 valence electrons. The van der Waals surface area contributed by atoms with Gasteiger partial charge in [0, 0.05) is 11.8 Å². The van der Waals surface area contributed by atoms with Crippen molar-refractivity contribution in [3.63, 3.8) is 0 Å². The maximum atomic E-state index is 11.9. The van der Waals surface area contributed by atoms with Gasteiger partial charge in [-0.2, -0.15) is 0 Å². The average molecular weight is 283 g/mol. The summed E-state index contributed by atoms with van der Waals surface area (Å²) in [6.45, 7) is 4.44. The van der Waals surface area contributed by atoms with Crippen molar-refractivity contribution < 1.29 is 4.79 Å². The fourth-order valence-electron chi connectivity index (χ4n) is 2.92. The third-order valence-electron chi connectivity index (χ3n) is 4.14. The minimum atomic E-state index is 0.158. The number of hydrogen-bond acceptors (Lipinski definition) is 2. The summed E-state index contributed by atoms with van der Waals surface area (Å²) in [5.41, 5.74) is 0. The first kappa shape index (κ1) is 16.6. The van der Waals surface area contributed by atoms with E-state index in [4.69, 9.17) is 12.2 Å². The van der Waals surface area contributed by atoms with Gasteiger partial charge in [0.05, 0.1) is 4.99 Å². The molecule has 0 aromatic carbocycles. The Hall–Kier alpha value is -0.440. The molecule has 2 unspecified atom stereocenters. The fourth-order valence-corrected chi connectivity index (χ4v) is 3.30. The van der Waals surface area contributed by atoms with Crippen LogP contribution in [0.25, 0.3) is 0 Å². The van der Waals surface area contributed by atoms with Gasteiger partial charge >= 0.3 is 0 Å². The van der Waals surface area contributed by atoms with Crippen molar-refractivity contribution in [2.75, 3.05) is 0 Å². The summed E-state index contributed by atoms with van der Waals surface area (Å²) < 4.78 is 0. The van der Waals surface area contributed by atoms with E-state index in [9.17, 15) is 4.79 Å². The Balaban J connectivity index is 2.36. The Labute approximate surface area is 123 Å². The van der Waals surface area contributed by atoms with Crippen molar-refractivity contribution in [2.24, 2.45) is 11.8 Å². The molecule has 2 nitrogen and oxygen atoms in total. The first-order valence-electron chi connectivity index (χ1n) is 8.05. The summed E-state index contributed by atoms with van der Waals surface area (Å²) in [5, 5.41) is 2.89. The number of carbonyl (C=O) groups excluding carboxylic acids is 1. The number of hydrogen-bond donors (Lipinski definition) is 1. The van der Waals surface area contributed by atoms with Gasteiger partial charge in [0.1, 0.15) is 0 Å². The van der Waals surface area contributed by atoms with Crippen LogP contribution >= 0.6 is 12.2 Å². The zero-order chi connectivity index (χ0) is 14.1. The van der Waals surface area contributed by atoms with Gasteiger partial charge in [-0.15, -0.1) is 0 Å². The summed E-state index contributed by atoms with van der Waals surface area (Å²) in [7, 11) is 0. The Morgan fingerprint density at radius 2 is 1.42 bits per heavy atom. The summed E-state index contributed by atoms with van der Waals surface area (Å²) in [6.07, 6.45) is 12.1. The highest BCUT2D eigenvalue weighted by Crippen LogP contribution is 2.30. The number of unbranched alkanes of at least 4 members (excludes halogenated alkanes) is 6.